The van der Waals surface area contributed by atoms with Crippen molar-refractivity contribution in [2.24, 2.45) is 0 Å². The Hall–Kier alpha value is -3.25. The van der Waals surface area contributed by atoms with Crippen LogP contribution in [0.4, 0.5) is 0 Å². The van der Waals surface area contributed by atoms with Gasteiger partial charge in [0.2, 0.25) is 11.5 Å². The summed E-state index contributed by atoms with van der Waals surface area (Å²) in [5, 5.41) is 24.2. The largest absolute Gasteiger partial charge is 0.504 e. The molecule has 7 heteroatoms. The zero-order valence-electron chi connectivity index (χ0n) is 13.6. The molecule has 2 aromatic carbocycles. The predicted molar refractivity (Wildman–Crippen MR) is 96.0 cm³/mol. The number of aromatic nitrogens is 2. The molecule has 130 valence electrons. The first-order valence-corrected chi connectivity index (χ1v) is 8.15. The van der Waals surface area contributed by atoms with Crippen molar-refractivity contribution < 1.29 is 19.7 Å². The Labute approximate surface area is 153 Å². The Kier molecular flexibility index (Phi) is 3.70. The number of para-hydroxylation sites is 1. The number of carbonyl (C=O) groups excluding carboxylic acids is 1. The van der Waals surface area contributed by atoms with Crippen molar-refractivity contribution in [2.45, 2.75) is 6.92 Å². The Bertz CT molecular complexity index is 1070. The number of halogens is 1. The molecule has 0 saturated heterocycles. The van der Waals surface area contributed by atoms with E-state index >= 15 is 0 Å². The van der Waals surface area contributed by atoms with Crippen LogP contribution in [-0.4, -0.2) is 25.8 Å². The van der Waals surface area contributed by atoms with E-state index < -0.39 is 11.5 Å². The second kappa shape index (κ2) is 5.93. The number of hydrogen-bond acceptors (Lipinski definition) is 5. The molecule has 0 atom stereocenters. The van der Waals surface area contributed by atoms with Crippen LogP contribution in [0.5, 0.6) is 17.2 Å². The number of benzene rings is 2. The highest BCUT2D eigenvalue weighted by molar-refractivity contribution is 6.31. The van der Waals surface area contributed by atoms with Gasteiger partial charge in [-0.05, 0) is 37.3 Å². The molecule has 0 bridgehead atoms. The molecule has 0 unspecified atom stereocenters. The van der Waals surface area contributed by atoms with Crippen LogP contribution >= 0.6 is 11.6 Å². The molecule has 0 saturated carbocycles. The number of Topliss-reactive ketones (excluding diaryl/α,β-unsaturated/α-hetero) is 1. The number of phenols is 2. The van der Waals surface area contributed by atoms with Gasteiger partial charge in [-0.1, -0.05) is 29.8 Å². The Morgan fingerprint density at radius 2 is 1.88 bits per heavy atom. The maximum absolute atomic E-state index is 12.5. The molecule has 0 aliphatic carbocycles. The van der Waals surface area contributed by atoms with Gasteiger partial charge in [0.25, 0.3) is 0 Å². The van der Waals surface area contributed by atoms with Crippen LogP contribution in [-0.2, 0) is 0 Å². The second-order valence-electron chi connectivity index (χ2n) is 5.79. The monoisotopic (exact) mass is 368 g/mol. The van der Waals surface area contributed by atoms with Crippen LogP contribution in [0.2, 0.25) is 5.15 Å². The van der Waals surface area contributed by atoms with Gasteiger partial charge in [-0.15, -0.1) is 0 Å². The van der Waals surface area contributed by atoms with E-state index in [4.69, 9.17) is 16.3 Å². The molecule has 0 fully saturated rings. The summed E-state index contributed by atoms with van der Waals surface area (Å²) in [4.78, 5) is 12.5. The Morgan fingerprint density at radius 1 is 1.15 bits per heavy atom. The van der Waals surface area contributed by atoms with Crippen LogP contribution in [0.3, 0.4) is 0 Å². The summed E-state index contributed by atoms with van der Waals surface area (Å²) < 4.78 is 7.03. The molecule has 26 heavy (non-hydrogen) atoms. The normalized spacial score (nSPS) is 14.5. The molecule has 0 amide bonds. The molecule has 1 aromatic heterocycles. The maximum Gasteiger partial charge on any atom is 0.232 e. The van der Waals surface area contributed by atoms with Crippen LogP contribution in [0.25, 0.3) is 11.8 Å². The third-order valence-electron chi connectivity index (χ3n) is 4.11. The second-order valence-corrected chi connectivity index (χ2v) is 6.15. The van der Waals surface area contributed by atoms with E-state index in [1.54, 1.807) is 11.6 Å². The SMILES string of the molecule is Cc1nn(-c2ccccc2)c(Cl)c1C=C1Oc2c(ccc(O)c2O)C1=O. The van der Waals surface area contributed by atoms with Gasteiger partial charge in [0, 0.05) is 5.56 Å². The number of ether oxygens (including phenoxy) is 1. The topological polar surface area (TPSA) is 84.6 Å². The van der Waals surface area contributed by atoms with Crippen LogP contribution < -0.4 is 4.74 Å². The van der Waals surface area contributed by atoms with Gasteiger partial charge in [-0.2, -0.15) is 5.10 Å². The number of ketones is 1. The maximum atomic E-state index is 12.5. The van der Waals surface area contributed by atoms with E-state index in [0.29, 0.717) is 16.4 Å². The van der Waals surface area contributed by atoms with Crippen LogP contribution in [0.1, 0.15) is 21.6 Å². The first kappa shape index (κ1) is 16.2. The average molecular weight is 369 g/mol. The number of nitrogens with zero attached hydrogens (tertiary/aromatic N) is 2. The minimum absolute atomic E-state index is 0.00138. The van der Waals surface area contributed by atoms with Crippen LogP contribution in [0, 0.1) is 6.92 Å². The lowest BCUT2D eigenvalue weighted by molar-refractivity contribution is 0.101. The van der Waals surface area contributed by atoms with Crippen molar-refractivity contribution in [2.75, 3.05) is 0 Å². The highest BCUT2D eigenvalue weighted by Crippen LogP contribution is 2.44. The molecule has 6 nitrogen and oxygen atoms in total. The Morgan fingerprint density at radius 3 is 2.62 bits per heavy atom. The minimum atomic E-state index is -0.470. The molecule has 0 radical (unpaired) electrons. The van der Waals surface area contributed by atoms with Crippen molar-refractivity contribution in [3.8, 4) is 22.9 Å². The molecular weight excluding hydrogens is 356 g/mol. The fraction of sp³-hybridized carbons (Fsp3) is 0.0526. The molecule has 1 aliphatic rings. The average Bonchev–Trinajstić information content (AvgIpc) is 3.11. The quantitative estimate of drug-likeness (QED) is 0.530. The number of aryl methyl sites for hydroxylation is 1. The highest BCUT2D eigenvalue weighted by Gasteiger charge is 2.32. The van der Waals surface area contributed by atoms with Crippen molar-refractivity contribution >= 4 is 23.5 Å². The van der Waals surface area contributed by atoms with Gasteiger partial charge >= 0.3 is 0 Å². The highest BCUT2D eigenvalue weighted by atomic mass is 35.5. The zero-order chi connectivity index (χ0) is 18.4. The lowest BCUT2D eigenvalue weighted by atomic mass is 10.1. The van der Waals surface area contributed by atoms with Gasteiger partial charge in [-0.25, -0.2) is 4.68 Å². The summed E-state index contributed by atoms with van der Waals surface area (Å²) in [6.45, 7) is 1.77. The molecule has 4 rings (SSSR count). The fourth-order valence-corrected chi connectivity index (χ4v) is 3.10. The molecule has 1 aliphatic heterocycles. The first-order chi connectivity index (χ1) is 12.5. The van der Waals surface area contributed by atoms with Gasteiger partial charge in [0.1, 0.15) is 5.15 Å². The number of allylic oxidation sites excluding steroid dienone is 1. The standard InChI is InChI=1S/C19H13ClN2O4/c1-10-13(19(20)22(21-10)11-5-3-2-4-6-11)9-15-16(24)12-7-8-14(23)17(25)18(12)26-15/h2-9,23,25H,1H3. The van der Waals surface area contributed by atoms with Gasteiger partial charge in [0.05, 0.1) is 16.9 Å². The van der Waals surface area contributed by atoms with E-state index in [-0.39, 0.29) is 22.8 Å². The van der Waals surface area contributed by atoms with E-state index in [1.807, 2.05) is 30.3 Å². The number of aromatic hydroxyl groups is 2. The molecule has 3 aromatic rings. The zero-order valence-corrected chi connectivity index (χ0v) is 14.4. The van der Waals surface area contributed by atoms with E-state index in [0.717, 1.165) is 5.69 Å². The molecule has 2 heterocycles. The van der Waals surface area contributed by atoms with Crippen molar-refractivity contribution in [3.63, 3.8) is 0 Å². The molecule has 2 N–H and O–H groups in total. The third kappa shape index (κ3) is 2.43. The van der Waals surface area contributed by atoms with E-state index in [9.17, 15) is 15.0 Å². The van der Waals surface area contributed by atoms with Crippen molar-refractivity contribution in [1.82, 2.24) is 9.78 Å². The smallest absolute Gasteiger partial charge is 0.232 e. The van der Waals surface area contributed by atoms with Crippen molar-refractivity contribution in [3.05, 3.63) is 70.2 Å². The summed E-state index contributed by atoms with van der Waals surface area (Å²) in [7, 11) is 0. The number of fused-ring (bicyclic) bond motifs is 1. The predicted octanol–water partition coefficient (Wildman–Crippen LogP) is 3.86. The number of rotatable bonds is 2. The lowest BCUT2D eigenvalue weighted by Gasteiger charge is -2.03. The number of phenolic OH excluding ortho intramolecular Hbond substituents is 2. The summed E-state index contributed by atoms with van der Waals surface area (Å²) in [6, 6.07) is 12.0. The van der Waals surface area contributed by atoms with E-state index in [1.165, 1.54) is 18.2 Å². The minimum Gasteiger partial charge on any atom is -0.504 e. The summed E-state index contributed by atoms with van der Waals surface area (Å²) in [6.07, 6.45) is 1.49. The number of carbonyl (C=O) groups is 1. The van der Waals surface area contributed by atoms with Gasteiger partial charge in [0.15, 0.2) is 17.3 Å². The lowest BCUT2D eigenvalue weighted by Crippen LogP contribution is -1.98. The third-order valence-corrected chi connectivity index (χ3v) is 4.48. The molecular formula is C19H13ClN2O4. The van der Waals surface area contributed by atoms with Crippen molar-refractivity contribution in [1.29, 1.82) is 0 Å². The summed E-state index contributed by atoms with van der Waals surface area (Å²) in [5.74, 6) is -1.30. The Balaban J connectivity index is 1.78. The first-order valence-electron chi connectivity index (χ1n) is 7.77. The molecule has 0 spiro atoms. The summed E-state index contributed by atoms with van der Waals surface area (Å²) in [5.41, 5.74) is 2.12. The number of hydrogen-bond donors (Lipinski definition) is 2. The van der Waals surface area contributed by atoms with Gasteiger partial charge < -0.3 is 14.9 Å². The van der Waals surface area contributed by atoms with E-state index in [2.05, 4.69) is 5.10 Å². The van der Waals surface area contributed by atoms with Crippen LogP contribution in [0.15, 0.2) is 48.2 Å². The summed E-state index contributed by atoms with van der Waals surface area (Å²) >= 11 is 6.46. The fourth-order valence-electron chi connectivity index (χ4n) is 2.77. The van der Waals surface area contributed by atoms with Gasteiger partial charge in [-0.3, -0.25) is 4.79 Å².